The van der Waals surface area contributed by atoms with E-state index in [1.54, 1.807) is 12.1 Å². The molecule has 0 saturated carbocycles. The number of carbonyl (C=O) groups is 1. The first kappa shape index (κ1) is 20.5. The third kappa shape index (κ3) is 6.15. The fourth-order valence-electron chi connectivity index (χ4n) is 2.48. The van der Waals surface area contributed by atoms with Crippen LogP contribution in [0.2, 0.25) is 0 Å². The summed E-state index contributed by atoms with van der Waals surface area (Å²) in [5.41, 5.74) is 1.60. The van der Waals surface area contributed by atoms with Crippen LogP contribution in [-0.2, 0) is 20.2 Å². The number of nitrogens with zero attached hydrogens (tertiary/aromatic N) is 1. The van der Waals surface area contributed by atoms with Gasteiger partial charge in [-0.2, -0.15) is 0 Å². The molecule has 0 saturated heterocycles. The lowest BCUT2D eigenvalue weighted by Gasteiger charge is -2.25. The van der Waals surface area contributed by atoms with Crippen molar-refractivity contribution in [1.82, 2.24) is 5.32 Å². The molecule has 0 heterocycles. The Morgan fingerprint density at radius 3 is 2.17 bits per heavy atom. The summed E-state index contributed by atoms with van der Waals surface area (Å²) >= 11 is 0. The Kier molecular flexibility index (Phi) is 6.84. The molecule has 0 spiro atoms. The van der Waals surface area contributed by atoms with Crippen LogP contribution >= 0.6 is 0 Å². The number of carbonyl (C=O) groups excluding carboxylic acids is 1. The topological polar surface area (TPSA) is 66.5 Å². The van der Waals surface area contributed by atoms with Crippen molar-refractivity contribution in [3.63, 3.8) is 0 Å². The smallest absolute Gasteiger partial charge is 0.240 e. The molecule has 1 aromatic carbocycles. The highest BCUT2D eigenvalue weighted by atomic mass is 32.2. The summed E-state index contributed by atoms with van der Waals surface area (Å²) in [6.45, 7) is 10.0. The summed E-state index contributed by atoms with van der Waals surface area (Å²) in [6.07, 6.45) is 2.95. The number of hydrogen-bond acceptors (Lipinski definition) is 3. The molecule has 1 rings (SSSR count). The van der Waals surface area contributed by atoms with Crippen molar-refractivity contribution in [3.8, 4) is 0 Å². The van der Waals surface area contributed by atoms with Crippen molar-refractivity contribution in [2.24, 2.45) is 0 Å². The zero-order chi connectivity index (χ0) is 18.5. The Bertz CT molecular complexity index is 646. The summed E-state index contributed by atoms with van der Waals surface area (Å²) in [5, 5.41) is 2.84. The van der Waals surface area contributed by atoms with Crippen molar-refractivity contribution >= 4 is 21.6 Å². The lowest BCUT2D eigenvalue weighted by Crippen LogP contribution is -2.43. The van der Waals surface area contributed by atoms with Crippen LogP contribution in [-0.4, -0.2) is 33.2 Å². The second-order valence-corrected chi connectivity index (χ2v) is 9.23. The second-order valence-electron chi connectivity index (χ2n) is 7.32. The normalized spacial score (nSPS) is 13.4. The van der Waals surface area contributed by atoms with E-state index in [2.05, 4.69) is 26.1 Å². The van der Waals surface area contributed by atoms with E-state index in [0.29, 0.717) is 5.69 Å². The van der Waals surface area contributed by atoms with E-state index >= 15 is 0 Å². The van der Waals surface area contributed by atoms with Crippen molar-refractivity contribution in [2.75, 3.05) is 17.1 Å². The van der Waals surface area contributed by atoms with E-state index in [1.807, 2.05) is 26.0 Å². The molecular formula is C18H30N2O3S. The largest absolute Gasteiger partial charge is 0.352 e. The van der Waals surface area contributed by atoms with Gasteiger partial charge in [0.25, 0.3) is 0 Å². The summed E-state index contributed by atoms with van der Waals surface area (Å²) in [6, 6.07) is 7.36. The number of sulfonamides is 1. The van der Waals surface area contributed by atoms with Crippen LogP contribution in [0.25, 0.3) is 0 Å². The van der Waals surface area contributed by atoms with Crippen molar-refractivity contribution in [3.05, 3.63) is 29.8 Å². The Labute approximate surface area is 146 Å². The van der Waals surface area contributed by atoms with Gasteiger partial charge in [-0.3, -0.25) is 9.10 Å². The zero-order valence-corrected chi connectivity index (χ0v) is 16.4. The van der Waals surface area contributed by atoms with Crippen molar-refractivity contribution in [2.45, 2.75) is 58.9 Å². The second kappa shape index (κ2) is 8.01. The fourth-order valence-corrected chi connectivity index (χ4v) is 3.34. The van der Waals surface area contributed by atoms with E-state index in [1.165, 1.54) is 0 Å². The third-order valence-corrected chi connectivity index (χ3v) is 4.98. The highest BCUT2D eigenvalue weighted by molar-refractivity contribution is 7.92. The van der Waals surface area contributed by atoms with Gasteiger partial charge in [-0.1, -0.05) is 46.2 Å². The molecule has 1 N–H and O–H groups in total. The van der Waals surface area contributed by atoms with Crippen LogP contribution in [0.3, 0.4) is 0 Å². The summed E-state index contributed by atoms with van der Waals surface area (Å²) in [4.78, 5) is 12.2. The van der Waals surface area contributed by atoms with Crippen molar-refractivity contribution in [1.29, 1.82) is 0 Å². The van der Waals surface area contributed by atoms with Gasteiger partial charge in [-0.25, -0.2) is 8.42 Å². The minimum absolute atomic E-state index is 0.0125. The number of hydrogen-bond donors (Lipinski definition) is 1. The summed E-state index contributed by atoms with van der Waals surface area (Å²) < 4.78 is 25.4. The Hall–Kier alpha value is -1.56. The van der Waals surface area contributed by atoms with Crippen LogP contribution in [0.5, 0.6) is 0 Å². The molecule has 0 aliphatic heterocycles. The molecule has 0 fully saturated rings. The molecule has 0 unspecified atom stereocenters. The molecular weight excluding hydrogens is 324 g/mol. The first-order chi connectivity index (χ1) is 10.9. The molecule has 0 bridgehead atoms. The Morgan fingerprint density at radius 2 is 1.75 bits per heavy atom. The van der Waals surface area contributed by atoms with Gasteiger partial charge in [-0.05, 0) is 36.5 Å². The molecule has 1 aromatic rings. The minimum Gasteiger partial charge on any atom is -0.352 e. The highest BCUT2D eigenvalue weighted by Gasteiger charge is 2.22. The quantitative estimate of drug-likeness (QED) is 0.818. The molecule has 0 radical (unpaired) electrons. The molecule has 1 atom stereocenters. The molecule has 24 heavy (non-hydrogen) atoms. The summed E-state index contributed by atoms with van der Waals surface area (Å²) in [5.74, 6) is -0.290. The third-order valence-electron chi connectivity index (χ3n) is 3.84. The number of nitrogens with one attached hydrogen (secondary N) is 1. The number of rotatable bonds is 7. The van der Waals surface area contributed by atoms with Crippen LogP contribution in [0.1, 0.15) is 53.0 Å². The van der Waals surface area contributed by atoms with Gasteiger partial charge in [0, 0.05) is 6.04 Å². The van der Waals surface area contributed by atoms with E-state index in [0.717, 1.165) is 29.0 Å². The molecule has 6 heteroatoms. The maximum atomic E-state index is 12.2. The van der Waals surface area contributed by atoms with E-state index < -0.39 is 10.0 Å². The SMILES string of the molecule is CCC[C@H](C)NC(=O)CN(c1ccc(C(C)(C)C)cc1)S(C)(=O)=O. The maximum absolute atomic E-state index is 12.2. The van der Waals surface area contributed by atoms with E-state index in [-0.39, 0.29) is 23.9 Å². The lowest BCUT2D eigenvalue weighted by atomic mass is 9.87. The fraction of sp³-hybridized carbons (Fsp3) is 0.611. The van der Waals surface area contributed by atoms with Gasteiger partial charge in [0.05, 0.1) is 11.9 Å². The van der Waals surface area contributed by atoms with Gasteiger partial charge in [0.2, 0.25) is 15.9 Å². The average molecular weight is 355 g/mol. The maximum Gasteiger partial charge on any atom is 0.240 e. The Balaban J connectivity index is 2.97. The monoisotopic (exact) mass is 354 g/mol. The molecule has 1 amide bonds. The predicted molar refractivity (Wildman–Crippen MR) is 99.8 cm³/mol. The van der Waals surface area contributed by atoms with Gasteiger partial charge in [0.1, 0.15) is 6.54 Å². The van der Waals surface area contributed by atoms with Gasteiger partial charge in [0.15, 0.2) is 0 Å². The van der Waals surface area contributed by atoms with Crippen molar-refractivity contribution < 1.29 is 13.2 Å². The average Bonchev–Trinajstić information content (AvgIpc) is 2.43. The number of anilines is 1. The van der Waals surface area contributed by atoms with Gasteiger partial charge in [-0.15, -0.1) is 0 Å². The van der Waals surface area contributed by atoms with Gasteiger partial charge < -0.3 is 5.32 Å². The number of benzene rings is 1. The van der Waals surface area contributed by atoms with Crippen LogP contribution < -0.4 is 9.62 Å². The molecule has 136 valence electrons. The first-order valence-corrected chi connectivity index (χ1v) is 10.2. The Morgan fingerprint density at radius 1 is 1.21 bits per heavy atom. The minimum atomic E-state index is -3.54. The van der Waals surface area contributed by atoms with Crippen LogP contribution in [0.15, 0.2) is 24.3 Å². The van der Waals surface area contributed by atoms with E-state index in [4.69, 9.17) is 0 Å². The summed E-state index contributed by atoms with van der Waals surface area (Å²) in [7, 11) is -3.54. The predicted octanol–water partition coefficient (Wildman–Crippen LogP) is 3.05. The van der Waals surface area contributed by atoms with Crippen LogP contribution in [0, 0.1) is 0 Å². The molecule has 5 nitrogen and oxygen atoms in total. The number of amides is 1. The highest BCUT2D eigenvalue weighted by Crippen LogP contribution is 2.25. The zero-order valence-electron chi connectivity index (χ0n) is 15.6. The molecule has 0 aliphatic rings. The van der Waals surface area contributed by atoms with Crippen LogP contribution in [0.4, 0.5) is 5.69 Å². The molecule has 0 aromatic heterocycles. The van der Waals surface area contributed by atoms with E-state index in [9.17, 15) is 13.2 Å². The molecule has 0 aliphatic carbocycles. The van der Waals surface area contributed by atoms with Gasteiger partial charge >= 0.3 is 0 Å². The first-order valence-electron chi connectivity index (χ1n) is 8.32. The lowest BCUT2D eigenvalue weighted by molar-refractivity contribution is -0.120. The standard InChI is InChI=1S/C18H30N2O3S/c1-7-8-14(2)19-17(21)13-20(24(6,22)23)16-11-9-15(10-12-16)18(3,4)5/h9-12,14H,7-8,13H2,1-6H3,(H,19,21)/t14-/m0/s1.